The van der Waals surface area contributed by atoms with E-state index in [2.05, 4.69) is 40.0 Å². The minimum absolute atomic E-state index is 0.0706. The lowest BCUT2D eigenvalue weighted by atomic mass is 10.2. The van der Waals surface area contributed by atoms with Crippen LogP contribution in [0.15, 0.2) is 22.7 Å². The summed E-state index contributed by atoms with van der Waals surface area (Å²) in [5.74, 6) is -0.0706. The molecule has 0 aromatic heterocycles. The number of benzene rings is 1. The summed E-state index contributed by atoms with van der Waals surface area (Å²) in [6, 6.07) is 5.24. The molecule has 0 aliphatic carbocycles. The number of nitrogen functional groups attached to an aromatic ring is 1. The average molecular weight is 328 g/mol. The number of hydrogen-bond acceptors (Lipinski definition) is 3. The third kappa shape index (κ3) is 5.20. The lowest BCUT2D eigenvalue weighted by molar-refractivity contribution is 0.0952. The molecule has 0 saturated carbocycles. The van der Waals surface area contributed by atoms with Gasteiger partial charge in [0.25, 0.3) is 5.91 Å². The predicted molar refractivity (Wildman–Crippen MR) is 83.3 cm³/mol. The van der Waals surface area contributed by atoms with E-state index < -0.39 is 0 Å². The van der Waals surface area contributed by atoms with Crippen molar-refractivity contribution in [2.24, 2.45) is 0 Å². The van der Waals surface area contributed by atoms with Crippen LogP contribution in [0.5, 0.6) is 0 Å². The summed E-state index contributed by atoms with van der Waals surface area (Å²) in [7, 11) is 0. The van der Waals surface area contributed by atoms with E-state index in [0.717, 1.165) is 30.5 Å². The molecule has 0 spiro atoms. The highest BCUT2D eigenvalue weighted by atomic mass is 79.9. The van der Waals surface area contributed by atoms with Crippen molar-refractivity contribution in [2.45, 2.75) is 20.3 Å². The quantitative estimate of drug-likeness (QED) is 0.597. The van der Waals surface area contributed by atoms with Gasteiger partial charge in [0, 0.05) is 22.3 Å². The van der Waals surface area contributed by atoms with Gasteiger partial charge in [0.1, 0.15) is 0 Å². The predicted octanol–water partition coefficient (Wildman–Crippen LogP) is 2.49. The molecule has 0 aliphatic rings. The maximum atomic E-state index is 11.9. The van der Waals surface area contributed by atoms with Gasteiger partial charge in [-0.2, -0.15) is 0 Å². The van der Waals surface area contributed by atoms with Crippen LogP contribution in [0.2, 0.25) is 0 Å². The van der Waals surface area contributed by atoms with E-state index in [4.69, 9.17) is 5.73 Å². The summed E-state index contributed by atoms with van der Waals surface area (Å²) in [6.07, 6.45) is 0.958. The number of nitrogens with two attached hydrogens (primary N) is 1. The molecule has 0 bridgehead atoms. The van der Waals surface area contributed by atoms with E-state index in [1.54, 1.807) is 18.2 Å². The molecule has 0 heterocycles. The summed E-state index contributed by atoms with van der Waals surface area (Å²) in [5.41, 5.74) is 6.94. The third-order valence-corrected chi connectivity index (χ3v) is 3.81. The molecule has 5 heteroatoms. The van der Waals surface area contributed by atoms with Crippen LogP contribution in [-0.4, -0.2) is 37.0 Å². The van der Waals surface area contributed by atoms with Crippen LogP contribution >= 0.6 is 15.9 Å². The highest BCUT2D eigenvalue weighted by Gasteiger charge is 2.07. The van der Waals surface area contributed by atoms with E-state index >= 15 is 0 Å². The number of rotatable bonds is 7. The number of anilines is 1. The van der Waals surface area contributed by atoms with Crippen LogP contribution in [0.3, 0.4) is 0 Å². The van der Waals surface area contributed by atoms with Crippen molar-refractivity contribution >= 4 is 27.5 Å². The number of hydrogen-bond donors (Lipinski definition) is 2. The first kappa shape index (κ1) is 16.0. The van der Waals surface area contributed by atoms with Crippen molar-refractivity contribution < 1.29 is 4.79 Å². The largest absolute Gasteiger partial charge is 0.398 e. The molecule has 4 nitrogen and oxygen atoms in total. The van der Waals surface area contributed by atoms with Gasteiger partial charge in [-0.25, -0.2) is 0 Å². The van der Waals surface area contributed by atoms with Gasteiger partial charge in [-0.1, -0.05) is 13.8 Å². The minimum Gasteiger partial charge on any atom is -0.398 e. The topological polar surface area (TPSA) is 58.4 Å². The Hall–Kier alpha value is -1.07. The molecule has 3 N–H and O–H groups in total. The fourth-order valence-corrected chi connectivity index (χ4v) is 2.08. The number of carbonyl (C=O) groups is 1. The van der Waals surface area contributed by atoms with Gasteiger partial charge in [-0.15, -0.1) is 0 Å². The van der Waals surface area contributed by atoms with Crippen molar-refractivity contribution in [2.75, 3.05) is 31.9 Å². The number of amides is 1. The SMILES string of the molecule is CCN(CC)CCCNC(=O)c1ccc(Br)c(N)c1. The second-order valence-corrected chi connectivity index (χ2v) is 5.23. The van der Waals surface area contributed by atoms with Gasteiger partial charge in [-0.05, 0) is 60.2 Å². The van der Waals surface area contributed by atoms with E-state index in [1.165, 1.54) is 0 Å². The van der Waals surface area contributed by atoms with Crippen LogP contribution in [0.1, 0.15) is 30.6 Å². The molecule has 1 amide bonds. The Bertz CT molecular complexity index is 419. The first-order valence-corrected chi connectivity index (χ1v) is 7.43. The lowest BCUT2D eigenvalue weighted by Crippen LogP contribution is -2.29. The Morgan fingerprint density at radius 1 is 1.37 bits per heavy atom. The normalized spacial score (nSPS) is 10.7. The molecule has 0 fully saturated rings. The number of nitrogens with one attached hydrogen (secondary N) is 1. The zero-order valence-corrected chi connectivity index (χ0v) is 13.2. The summed E-state index contributed by atoms with van der Waals surface area (Å²) in [6.45, 7) is 8.09. The van der Waals surface area contributed by atoms with E-state index in [0.29, 0.717) is 17.8 Å². The average Bonchev–Trinajstić information content (AvgIpc) is 2.42. The van der Waals surface area contributed by atoms with E-state index in [-0.39, 0.29) is 5.91 Å². The monoisotopic (exact) mass is 327 g/mol. The maximum Gasteiger partial charge on any atom is 0.251 e. The molecule has 0 unspecified atom stereocenters. The van der Waals surface area contributed by atoms with Gasteiger partial charge in [-0.3, -0.25) is 4.79 Å². The molecule has 1 aromatic carbocycles. The fraction of sp³-hybridized carbons (Fsp3) is 0.500. The Balaban J connectivity index is 2.37. The molecule has 106 valence electrons. The van der Waals surface area contributed by atoms with Gasteiger partial charge < -0.3 is 16.0 Å². The number of halogens is 1. The van der Waals surface area contributed by atoms with Crippen LogP contribution in [0.25, 0.3) is 0 Å². The first-order valence-electron chi connectivity index (χ1n) is 6.64. The maximum absolute atomic E-state index is 11.9. The summed E-state index contributed by atoms with van der Waals surface area (Å²) < 4.78 is 0.811. The molecule has 1 rings (SSSR count). The summed E-state index contributed by atoms with van der Waals surface area (Å²) in [5, 5.41) is 2.91. The smallest absolute Gasteiger partial charge is 0.251 e. The highest BCUT2D eigenvalue weighted by molar-refractivity contribution is 9.10. The third-order valence-electron chi connectivity index (χ3n) is 3.09. The van der Waals surface area contributed by atoms with E-state index in [1.807, 2.05) is 0 Å². The second kappa shape index (κ2) is 8.17. The van der Waals surface area contributed by atoms with Crippen molar-refractivity contribution in [1.29, 1.82) is 0 Å². The second-order valence-electron chi connectivity index (χ2n) is 4.37. The lowest BCUT2D eigenvalue weighted by Gasteiger charge is -2.17. The Morgan fingerprint density at radius 2 is 2.05 bits per heavy atom. The minimum atomic E-state index is -0.0706. The Kier molecular flexibility index (Phi) is 6.87. The number of carbonyl (C=O) groups excluding carboxylic acids is 1. The number of nitrogens with zero attached hydrogens (tertiary/aromatic N) is 1. The highest BCUT2D eigenvalue weighted by Crippen LogP contribution is 2.19. The van der Waals surface area contributed by atoms with Crippen molar-refractivity contribution in [3.05, 3.63) is 28.2 Å². The molecular weight excluding hydrogens is 306 g/mol. The van der Waals surface area contributed by atoms with Crippen molar-refractivity contribution in [3.63, 3.8) is 0 Å². The standard InChI is InChI=1S/C14H22BrN3O/c1-3-18(4-2)9-5-8-17-14(19)11-6-7-12(15)13(16)10-11/h6-7,10H,3-5,8-9,16H2,1-2H3,(H,17,19). The fourth-order valence-electron chi connectivity index (χ4n) is 1.83. The summed E-state index contributed by atoms with van der Waals surface area (Å²) >= 11 is 3.31. The van der Waals surface area contributed by atoms with Gasteiger partial charge in [0.2, 0.25) is 0 Å². The van der Waals surface area contributed by atoms with Crippen LogP contribution in [0, 0.1) is 0 Å². The van der Waals surface area contributed by atoms with Crippen molar-refractivity contribution in [3.8, 4) is 0 Å². The molecule has 0 aliphatic heterocycles. The Morgan fingerprint density at radius 3 is 2.63 bits per heavy atom. The van der Waals surface area contributed by atoms with Gasteiger partial charge in [0.15, 0.2) is 0 Å². The van der Waals surface area contributed by atoms with Crippen LogP contribution in [0.4, 0.5) is 5.69 Å². The van der Waals surface area contributed by atoms with Crippen LogP contribution in [-0.2, 0) is 0 Å². The van der Waals surface area contributed by atoms with Crippen molar-refractivity contribution in [1.82, 2.24) is 10.2 Å². The first-order chi connectivity index (χ1) is 9.08. The molecule has 0 saturated heterocycles. The Labute approximate surface area is 123 Å². The van der Waals surface area contributed by atoms with E-state index in [9.17, 15) is 4.79 Å². The van der Waals surface area contributed by atoms with Gasteiger partial charge in [0.05, 0.1) is 0 Å². The van der Waals surface area contributed by atoms with Gasteiger partial charge >= 0.3 is 0 Å². The van der Waals surface area contributed by atoms with Crippen LogP contribution < -0.4 is 11.1 Å². The molecule has 1 aromatic rings. The summed E-state index contributed by atoms with van der Waals surface area (Å²) in [4.78, 5) is 14.2. The zero-order valence-electron chi connectivity index (χ0n) is 11.6. The molecular formula is C14H22BrN3O. The zero-order chi connectivity index (χ0) is 14.3. The molecule has 19 heavy (non-hydrogen) atoms. The molecule has 0 atom stereocenters. The molecule has 0 radical (unpaired) electrons.